The molecule has 7 nitrogen and oxygen atoms in total. The maximum atomic E-state index is 7.34. The van der Waals surface area contributed by atoms with Crippen molar-refractivity contribution >= 4 is 61.9 Å². The van der Waals surface area contributed by atoms with Gasteiger partial charge in [-0.25, -0.2) is 4.99 Å². The zero-order valence-electron chi connectivity index (χ0n) is 31.4. The van der Waals surface area contributed by atoms with Gasteiger partial charge in [0.2, 0.25) is 0 Å². The van der Waals surface area contributed by atoms with E-state index in [0.717, 1.165) is 68.2 Å². The average molecular weight is 748 g/mol. The van der Waals surface area contributed by atoms with E-state index >= 15 is 0 Å². The number of amidine groups is 1. The number of nitrogens with zero attached hydrogens (tertiary/aromatic N) is 5. The van der Waals surface area contributed by atoms with Crippen molar-refractivity contribution in [2.45, 2.75) is 0 Å². The van der Waals surface area contributed by atoms with E-state index in [-0.39, 0.29) is 0 Å². The predicted molar refractivity (Wildman–Crippen MR) is 240 cm³/mol. The van der Waals surface area contributed by atoms with Gasteiger partial charge in [0.05, 0.1) is 22.2 Å². The van der Waals surface area contributed by atoms with Crippen LogP contribution in [-0.4, -0.2) is 26.3 Å². The summed E-state index contributed by atoms with van der Waals surface area (Å²) in [6.45, 7) is 0. The minimum absolute atomic E-state index is 0.302. The van der Waals surface area contributed by atoms with Gasteiger partial charge in [0.15, 0.2) is 0 Å². The Morgan fingerprint density at radius 3 is 1.81 bits per heavy atom. The number of pyridine rings is 1. The average Bonchev–Trinajstić information content (AvgIpc) is 3.85. The van der Waals surface area contributed by atoms with E-state index in [4.69, 9.17) is 11.1 Å². The molecule has 0 amide bonds. The molecule has 0 aliphatic rings. The van der Waals surface area contributed by atoms with Crippen LogP contribution in [0.15, 0.2) is 205 Å². The van der Waals surface area contributed by atoms with E-state index in [1.54, 1.807) is 0 Å². The fourth-order valence-corrected chi connectivity index (χ4v) is 7.99. The quantitative estimate of drug-likeness (QED) is 0.114. The van der Waals surface area contributed by atoms with Crippen LogP contribution in [0.5, 0.6) is 0 Å². The first kappa shape index (κ1) is 34.5. The van der Waals surface area contributed by atoms with Gasteiger partial charge in [-0.2, -0.15) is 0 Å². The molecule has 0 bridgehead atoms. The molecule has 3 heterocycles. The maximum absolute atomic E-state index is 7.34. The highest BCUT2D eigenvalue weighted by Gasteiger charge is 2.18. The van der Waals surface area contributed by atoms with Crippen molar-refractivity contribution in [1.82, 2.24) is 14.1 Å². The number of hydrogen-bond donors (Lipinski definition) is 2. The Hall–Kier alpha value is -8.03. The third kappa shape index (κ3) is 6.17. The summed E-state index contributed by atoms with van der Waals surface area (Å²) >= 11 is 0. The second kappa shape index (κ2) is 14.6. The fourth-order valence-electron chi connectivity index (χ4n) is 7.99. The smallest absolute Gasteiger partial charge is 0.132 e. The summed E-state index contributed by atoms with van der Waals surface area (Å²) < 4.78 is 4.65. The zero-order chi connectivity index (χ0) is 39.0. The Kier molecular flexibility index (Phi) is 8.65. The molecule has 58 heavy (non-hydrogen) atoms. The summed E-state index contributed by atoms with van der Waals surface area (Å²) in [5, 5.41) is 11.0. The summed E-state index contributed by atoms with van der Waals surface area (Å²) in [7, 11) is 0. The summed E-state index contributed by atoms with van der Waals surface area (Å²) in [4.78, 5) is 10.7. The minimum atomic E-state index is 0.302. The van der Waals surface area contributed by atoms with Gasteiger partial charge in [0.25, 0.3) is 0 Å². The number of hydrogen-bond acceptors (Lipinski definition) is 3. The third-order valence-electron chi connectivity index (χ3n) is 10.8. The largest absolute Gasteiger partial charge is 0.383 e. The second-order valence-electron chi connectivity index (χ2n) is 14.2. The number of fused-ring (bicyclic) bond motifs is 4. The van der Waals surface area contributed by atoms with Crippen LogP contribution in [0.2, 0.25) is 0 Å². The van der Waals surface area contributed by atoms with Gasteiger partial charge >= 0.3 is 0 Å². The molecule has 0 atom stereocenters. The van der Waals surface area contributed by atoms with Crippen LogP contribution in [0.1, 0.15) is 5.56 Å². The SMILES string of the molecule is N=CN=C(N)c1ccc(N(c2ccc(-c3ccc4c(c3)c3cc5ccn(-c6ccccc6)c5cc3n4-c3ccccc3)cc2)c2ccc(-c3ccccn3)cc2)cc1. The van der Waals surface area contributed by atoms with Crippen LogP contribution in [0.3, 0.4) is 0 Å². The standard InChI is InChI=1S/C51H37N7/c52-34-55-51(53)37-18-25-44(26-19-37)57(43-23-16-36(17-24-43)47-13-7-8-29-54-47)42-21-14-35(15-22-42)38-20-27-48-45(31-38)46-32-39-28-30-56(40-9-3-1-4-10-40)49(39)33-50(46)58(48)41-11-5-2-6-12-41/h1-34H,(H3,52,53,55). The normalized spacial score (nSPS) is 11.7. The van der Waals surface area contributed by atoms with Gasteiger partial charge in [-0.1, -0.05) is 72.8 Å². The van der Waals surface area contributed by atoms with Gasteiger partial charge in [-0.3, -0.25) is 10.4 Å². The molecule has 0 unspecified atom stereocenters. The highest BCUT2D eigenvalue weighted by atomic mass is 15.1. The predicted octanol–water partition coefficient (Wildman–Crippen LogP) is 12.2. The van der Waals surface area contributed by atoms with Crippen LogP contribution in [0, 0.1) is 5.41 Å². The molecule has 0 aliphatic heterocycles. The Morgan fingerprint density at radius 1 is 0.552 bits per heavy atom. The number of aromatic nitrogens is 3. The Balaban J connectivity index is 1.06. The monoisotopic (exact) mass is 747 g/mol. The highest BCUT2D eigenvalue weighted by Crippen LogP contribution is 2.40. The first-order chi connectivity index (χ1) is 28.6. The number of nitrogens with one attached hydrogen (secondary N) is 1. The van der Waals surface area contributed by atoms with Gasteiger partial charge < -0.3 is 19.8 Å². The molecular weight excluding hydrogens is 711 g/mol. The van der Waals surface area contributed by atoms with Gasteiger partial charge in [0, 0.05) is 68.1 Å². The summed E-state index contributed by atoms with van der Waals surface area (Å²) in [5.41, 5.74) is 19.9. The van der Waals surface area contributed by atoms with Crippen LogP contribution >= 0.6 is 0 Å². The molecule has 0 fully saturated rings. The van der Waals surface area contributed by atoms with Crippen LogP contribution in [-0.2, 0) is 0 Å². The van der Waals surface area contributed by atoms with Gasteiger partial charge in [-0.05, 0) is 126 Å². The number of nitrogens with two attached hydrogens (primary N) is 1. The van der Waals surface area contributed by atoms with Crippen LogP contribution in [0.4, 0.5) is 17.1 Å². The molecule has 0 saturated carbocycles. The Labute approximate surface area is 335 Å². The van der Waals surface area contributed by atoms with Gasteiger partial charge in [0.1, 0.15) is 12.2 Å². The van der Waals surface area contributed by atoms with E-state index in [0.29, 0.717) is 5.84 Å². The van der Waals surface area contributed by atoms with Crippen molar-refractivity contribution in [1.29, 1.82) is 5.41 Å². The Morgan fingerprint density at radius 2 is 1.16 bits per heavy atom. The maximum Gasteiger partial charge on any atom is 0.132 e. The van der Waals surface area contributed by atoms with Crippen LogP contribution < -0.4 is 10.6 Å². The molecular formula is C51H37N7. The first-order valence-corrected chi connectivity index (χ1v) is 19.2. The number of benzene rings is 7. The number of aliphatic imine (C=N–C) groups is 1. The van der Waals surface area contributed by atoms with Gasteiger partial charge in [-0.15, -0.1) is 0 Å². The lowest BCUT2D eigenvalue weighted by molar-refractivity contribution is 1.12. The lowest BCUT2D eigenvalue weighted by Gasteiger charge is -2.26. The molecule has 0 radical (unpaired) electrons. The summed E-state index contributed by atoms with van der Waals surface area (Å²) in [5.74, 6) is 0.302. The van der Waals surface area contributed by atoms with Crippen molar-refractivity contribution in [3.8, 4) is 33.8 Å². The molecule has 0 aliphatic carbocycles. The highest BCUT2D eigenvalue weighted by molar-refractivity contribution is 6.14. The number of rotatable bonds is 9. The molecule has 276 valence electrons. The molecule has 7 heteroatoms. The van der Waals surface area contributed by atoms with E-state index in [1.807, 2.05) is 48.7 Å². The second-order valence-corrected chi connectivity index (χ2v) is 14.2. The summed E-state index contributed by atoms with van der Waals surface area (Å²) in [6.07, 6.45) is 4.94. The number of anilines is 3. The molecule has 3 N–H and O–H groups in total. The lowest BCUT2D eigenvalue weighted by atomic mass is 10.0. The van der Waals surface area contributed by atoms with Crippen molar-refractivity contribution in [3.05, 3.63) is 206 Å². The van der Waals surface area contributed by atoms with E-state index in [1.165, 1.54) is 27.2 Å². The van der Waals surface area contributed by atoms with Crippen molar-refractivity contribution in [2.24, 2.45) is 10.7 Å². The molecule has 10 aromatic rings. The molecule has 7 aromatic carbocycles. The molecule has 3 aromatic heterocycles. The minimum Gasteiger partial charge on any atom is -0.383 e. The van der Waals surface area contributed by atoms with E-state index in [9.17, 15) is 0 Å². The summed E-state index contributed by atoms with van der Waals surface area (Å²) in [6, 6.07) is 65.9. The third-order valence-corrected chi connectivity index (χ3v) is 10.8. The van der Waals surface area contributed by atoms with Crippen molar-refractivity contribution in [2.75, 3.05) is 4.90 Å². The van der Waals surface area contributed by atoms with E-state index < -0.39 is 0 Å². The topological polar surface area (TPSA) is 88.2 Å². The molecule has 0 spiro atoms. The van der Waals surface area contributed by atoms with Crippen LogP contribution in [0.25, 0.3) is 66.5 Å². The zero-order valence-corrected chi connectivity index (χ0v) is 31.4. The van der Waals surface area contributed by atoms with E-state index in [2.05, 4.69) is 176 Å². The lowest BCUT2D eigenvalue weighted by Crippen LogP contribution is -2.14. The first-order valence-electron chi connectivity index (χ1n) is 19.2. The number of para-hydroxylation sites is 2. The van der Waals surface area contributed by atoms with Crippen molar-refractivity contribution < 1.29 is 0 Å². The molecule has 0 saturated heterocycles. The Bertz CT molecular complexity index is 3090. The molecule has 10 rings (SSSR count). The fraction of sp³-hybridized carbons (Fsp3) is 0. The van der Waals surface area contributed by atoms with Crippen molar-refractivity contribution in [3.63, 3.8) is 0 Å².